The zero-order valence-electron chi connectivity index (χ0n) is 11.4. The predicted octanol–water partition coefficient (Wildman–Crippen LogP) is 2.40. The lowest BCUT2D eigenvalue weighted by molar-refractivity contribution is 0.199. The number of ether oxygens (including phenoxy) is 1. The van der Waals surface area contributed by atoms with E-state index in [-0.39, 0.29) is 0 Å². The molecule has 0 aliphatic heterocycles. The van der Waals surface area contributed by atoms with Gasteiger partial charge in [-0.2, -0.15) is 0 Å². The third-order valence-corrected chi connectivity index (χ3v) is 3.17. The van der Waals surface area contributed by atoms with Crippen molar-refractivity contribution in [2.75, 3.05) is 20.3 Å². The smallest absolute Gasteiger partial charge is 0.0587 e. The van der Waals surface area contributed by atoms with Crippen molar-refractivity contribution in [2.45, 2.75) is 19.5 Å². The van der Waals surface area contributed by atoms with Gasteiger partial charge in [0.1, 0.15) is 0 Å². The maximum absolute atomic E-state index is 5.35. The van der Waals surface area contributed by atoms with Crippen molar-refractivity contribution in [1.82, 2.24) is 9.88 Å². The minimum Gasteiger partial charge on any atom is -0.383 e. The molecule has 1 N–H and O–H groups in total. The molecule has 0 amide bonds. The van der Waals surface area contributed by atoms with Crippen molar-refractivity contribution in [3.8, 4) is 12.3 Å². The van der Waals surface area contributed by atoms with Crippen molar-refractivity contribution < 1.29 is 4.74 Å². The highest BCUT2D eigenvalue weighted by molar-refractivity contribution is 5.83. The SMILES string of the molecule is C#CCCn1cc(CNCCOC)c2ccccc21. The summed E-state index contributed by atoms with van der Waals surface area (Å²) >= 11 is 0. The lowest BCUT2D eigenvalue weighted by Crippen LogP contribution is -2.18. The molecule has 2 rings (SSSR count). The number of nitrogens with one attached hydrogen (secondary N) is 1. The van der Waals surface area contributed by atoms with Crippen molar-refractivity contribution in [3.63, 3.8) is 0 Å². The number of hydrogen-bond acceptors (Lipinski definition) is 2. The molecule has 0 saturated heterocycles. The van der Waals surface area contributed by atoms with Gasteiger partial charge in [0.15, 0.2) is 0 Å². The van der Waals surface area contributed by atoms with E-state index in [2.05, 4.69) is 46.3 Å². The summed E-state index contributed by atoms with van der Waals surface area (Å²) < 4.78 is 7.27. The van der Waals surface area contributed by atoms with Gasteiger partial charge in [0.2, 0.25) is 0 Å². The quantitative estimate of drug-likeness (QED) is 0.608. The van der Waals surface area contributed by atoms with Crippen LogP contribution in [-0.4, -0.2) is 24.8 Å². The van der Waals surface area contributed by atoms with Gasteiger partial charge in [0.25, 0.3) is 0 Å². The summed E-state index contributed by atoms with van der Waals surface area (Å²) in [5.74, 6) is 2.70. The zero-order valence-corrected chi connectivity index (χ0v) is 11.4. The van der Waals surface area contributed by atoms with E-state index >= 15 is 0 Å². The highest BCUT2D eigenvalue weighted by Gasteiger charge is 2.06. The second-order valence-corrected chi connectivity index (χ2v) is 4.49. The number of terminal acetylenes is 1. The molecule has 1 aromatic carbocycles. The fourth-order valence-electron chi connectivity index (χ4n) is 2.23. The van der Waals surface area contributed by atoms with Crippen LogP contribution in [0.3, 0.4) is 0 Å². The van der Waals surface area contributed by atoms with Gasteiger partial charge in [-0.1, -0.05) is 18.2 Å². The Kier molecular flexibility index (Phi) is 5.02. The first-order valence-electron chi connectivity index (χ1n) is 6.56. The van der Waals surface area contributed by atoms with Gasteiger partial charge in [0, 0.05) is 50.3 Å². The molecule has 0 aliphatic rings. The van der Waals surface area contributed by atoms with Crippen LogP contribution >= 0.6 is 0 Å². The van der Waals surface area contributed by atoms with Crippen molar-refractivity contribution in [1.29, 1.82) is 0 Å². The summed E-state index contributed by atoms with van der Waals surface area (Å²) in [5, 5.41) is 4.68. The largest absolute Gasteiger partial charge is 0.383 e. The minimum absolute atomic E-state index is 0.732. The first kappa shape index (κ1) is 13.7. The molecule has 0 fully saturated rings. The third kappa shape index (κ3) is 3.37. The average Bonchev–Trinajstić information content (AvgIpc) is 2.80. The minimum atomic E-state index is 0.732. The molecule has 0 unspecified atom stereocenters. The van der Waals surface area contributed by atoms with E-state index < -0.39 is 0 Å². The van der Waals surface area contributed by atoms with Crippen LogP contribution in [-0.2, 0) is 17.8 Å². The van der Waals surface area contributed by atoms with Crippen LogP contribution < -0.4 is 5.32 Å². The summed E-state index contributed by atoms with van der Waals surface area (Å²) in [6.45, 7) is 3.32. The van der Waals surface area contributed by atoms with E-state index in [0.29, 0.717) is 0 Å². The molecule has 3 nitrogen and oxygen atoms in total. The number of benzene rings is 1. The standard InChI is InChI=1S/C16H20N2O/c1-3-4-10-18-13-14(12-17-9-11-19-2)15-7-5-6-8-16(15)18/h1,5-8,13,17H,4,9-12H2,2H3. The summed E-state index contributed by atoms with van der Waals surface area (Å²) in [6, 6.07) is 8.45. The Bertz CT molecular complexity index is 566. The van der Waals surface area contributed by atoms with E-state index in [9.17, 15) is 0 Å². The summed E-state index contributed by atoms with van der Waals surface area (Å²) in [5.41, 5.74) is 2.56. The summed E-state index contributed by atoms with van der Waals surface area (Å²) in [7, 11) is 1.72. The van der Waals surface area contributed by atoms with E-state index in [4.69, 9.17) is 11.2 Å². The zero-order chi connectivity index (χ0) is 13.5. The summed E-state index contributed by atoms with van der Waals surface area (Å²) in [6.07, 6.45) is 8.31. The maximum Gasteiger partial charge on any atom is 0.0587 e. The van der Waals surface area contributed by atoms with Crippen molar-refractivity contribution in [2.24, 2.45) is 0 Å². The molecule has 3 heteroatoms. The number of nitrogens with zero attached hydrogens (tertiary/aromatic N) is 1. The molecule has 0 radical (unpaired) electrons. The Balaban J connectivity index is 2.16. The van der Waals surface area contributed by atoms with E-state index in [0.717, 1.165) is 32.7 Å². The molecule has 19 heavy (non-hydrogen) atoms. The lowest BCUT2D eigenvalue weighted by Gasteiger charge is -2.02. The molecule has 0 saturated carbocycles. The predicted molar refractivity (Wildman–Crippen MR) is 79.0 cm³/mol. The molecule has 2 aromatic rings. The summed E-state index contributed by atoms with van der Waals surface area (Å²) in [4.78, 5) is 0. The van der Waals surface area contributed by atoms with Gasteiger partial charge in [-0.25, -0.2) is 0 Å². The van der Waals surface area contributed by atoms with Crippen LogP contribution in [0.5, 0.6) is 0 Å². The van der Waals surface area contributed by atoms with Gasteiger partial charge in [-0.3, -0.25) is 0 Å². The normalized spacial score (nSPS) is 10.7. The fourth-order valence-corrected chi connectivity index (χ4v) is 2.23. The highest BCUT2D eigenvalue weighted by Crippen LogP contribution is 2.21. The van der Waals surface area contributed by atoms with E-state index in [1.807, 2.05) is 0 Å². The van der Waals surface area contributed by atoms with Crippen LogP contribution in [0.1, 0.15) is 12.0 Å². The Morgan fingerprint density at radius 2 is 2.21 bits per heavy atom. The number of para-hydroxylation sites is 1. The van der Waals surface area contributed by atoms with Gasteiger partial charge in [-0.15, -0.1) is 12.3 Å². The molecular formula is C16H20N2O. The van der Waals surface area contributed by atoms with Gasteiger partial charge >= 0.3 is 0 Å². The number of methoxy groups -OCH3 is 1. The van der Waals surface area contributed by atoms with Crippen molar-refractivity contribution in [3.05, 3.63) is 36.0 Å². The van der Waals surface area contributed by atoms with Crippen LogP contribution in [0, 0.1) is 12.3 Å². The Labute approximate surface area is 114 Å². The topological polar surface area (TPSA) is 26.2 Å². The van der Waals surface area contributed by atoms with E-state index in [1.54, 1.807) is 7.11 Å². The third-order valence-electron chi connectivity index (χ3n) is 3.17. The first-order chi connectivity index (χ1) is 9.36. The first-order valence-corrected chi connectivity index (χ1v) is 6.56. The van der Waals surface area contributed by atoms with Crippen LogP contribution in [0.15, 0.2) is 30.5 Å². The molecule has 0 spiro atoms. The van der Waals surface area contributed by atoms with Gasteiger partial charge < -0.3 is 14.6 Å². The monoisotopic (exact) mass is 256 g/mol. The Hall–Kier alpha value is -1.76. The second kappa shape index (κ2) is 6.98. The number of hydrogen-bond donors (Lipinski definition) is 1. The average molecular weight is 256 g/mol. The molecular weight excluding hydrogens is 236 g/mol. The molecule has 100 valence electrons. The van der Waals surface area contributed by atoms with Gasteiger partial charge in [0.05, 0.1) is 6.61 Å². The highest BCUT2D eigenvalue weighted by atomic mass is 16.5. The lowest BCUT2D eigenvalue weighted by atomic mass is 10.2. The maximum atomic E-state index is 5.35. The van der Waals surface area contributed by atoms with E-state index in [1.165, 1.54) is 16.5 Å². The molecule has 0 aliphatic carbocycles. The van der Waals surface area contributed by atoms with Crippen LogP contribution in [0.4, 0.5) is 0 Å². The number of aromatic nitrogens is 1. The molecule has 0 atom stereocenters. The van der Waals surface area contributed by atoms with Crippen LogP contribution in [0.25, 0.3) is 10.9 Å². The second-order valence-electron chi connectivity index (χ2n) is 4.49. The molecule has 1 heterocycles. The Morgan fingerprint density at radius 1 is 1.37 bits per heavy atom. The number of rotatable bonds is 7. The Morgan fingerprint density at radius 3 is 3.00 bits per heavy atom. The molecule has 0 bridgehead atoms. The van der Waals surface area contributed by atoms with Crippen molar-refractivity contribution >= 4 is 10.9 Å². The van der Waals surface area contributed by atoms with Crippen LogP contribution in [0.2, 0.25) is 0 Å². The number of fused-ring (bicyclic) bond motifs is 1. The number of aryl methyl sites for hydroxylation is 1. The van der Waals surface area contributed by atoms with Gasteiger partial charge in [-0.05, 0) is 11.6 Å². The molecule has 1 aromatic heterocycles. The fraction of sp³-hybridized carbons (Fsp3) is 0.375.